The topological polar surface area (TPSA) is 89.6 Å². The molecule has 1 fully saturated rings. The molecule has 0 bridgehead atoms. The van der Waals surface area contributed by atoms with E-state index in [4.69, 9.17) is 0 Å². The Morgan fingerprint density at radius 1 is 1.32 bits per heavy atom. The number of hydrogen-bond donors (Lipinski definition) is 3. The van der Waals surface area contributed by atoms with Crippen molar-refractivity contribution in [2.45, 2.75) is 18.9 Å². The highest BCUT2D eigenvalue weighted by atomic mass is 32.1. The summed E-state index contributed by atoms with van der Waals surface area (Å²) in [5.74, 6) is -0.166. The lowest BCUT2D eigenvalue weighted by atomic mass is 10.1. The molecule has 1 saturated heterocycles. The van der Waals surface area contributed by atoms with E-state index in [9.17, 15) is 9.59 Å². The first-order chi connectivity index (χ1) is 15.0. The van der Waals surface area contributed by atoms with E-state index in [0.717, 1.165) is 53.2 Å². The maximum atomic E-state index is 13.2. The summed E-state index contributed by atoms with van der Waals surface area (Å²) in [6, 6.07) is 9.42. The monoisotopic (exact) mass is 436 g/mol. The maximum Gasteiger partial charge on any atom is 0.331 e. The van der Waals surface area contributed by atoms with Crippen LogP contribution < -0.4 is 25.8 Å². The first-order valence-corrected chi connectivity index (χ1v) is 11.2. The SMILES string of the molecule is CN(C)c1cccc(N2C(=O)Nc3c(C(=O)NC4CCCNC4)sc4nccc2c34)c1. The Labute approximate surface area is 184 Å². The molecule has 0 radical (unpaired) electrons. The predicted molar refractivity (Wildman–Crippen MR) is 125 cm³/mol. The van der Waals surface area contributed by atoms with Crippen molar-refractivity contribution in [1.82, 2.24) is 15.6 Å². The van der Waals surface area contributed by atoms with Crippen LogP contribution in [0.4, 0.5) is 27.5 Å². The largest absolute Gasteiger partial charge is 0.378 e. The summed E-state index contributed by atoms with van der Waals surface area (Å²) in [7, 11) is 3.92. The minimum Gasteiger partial charge on any atom is -0.378 e. The normalized spacial score (nSPS) is 18.1. The number of nitrogens with zero attached hydrogens (tertiary/aromatic N) is 3. The standard InChI is InChI=1S/C22H24N6O2S/c1-27(2)14-6-3-7-15(11-14)28-16-8-10-24-21-17(16)18(26-22(28)30)19(31-21)20(29)25-13-5-4-9-23-12-13/h3,6-8,10-11,13,23H,4-5,9,12H2,1-2H3,(H,25,29)(H,26,30). The van der Waals surface area contributed by atoms with Gasteiger partial charge in [0.15, 0.2) is 0 Å². The molecule has 3 amide bonds. The molecule has 4 heterocycles. The Morgan fingerprint density at radius 3 is 2.97 bits per heavy atom. The van der Waals surface area contributed by atoms with Gasteiger partial charge in [0, 0.05) is 38.6 Å². The van der Waals surface area contributed by atoms with Crippen LogP contribution in [0.3, 0.4) is 0 Å². The van der Waals surface area contributed by atoms with Crippen molar-refractivity contribution in [3.05, 3.63) is 41.4 Å². The third kappa shape index (κ3) is 3.49. The Kier molecular flexibility index (Phi) is 4.99. The summed E-state index contributed by atoms with van der Waals surface area (Å²) in [4.78, 5) is 35.6. The number of rotatable bonds is 4. The van der Waals surface area contributed by atoms with Gasteiger partial charge in [0.25, 0.3) is 5.91 Å². The van der Waals surface area contributed by atoms with Crippen LogP contribution in [0.15, 0.2) is 36.5 Å². The number of pyridine rings is 1. The van der Waals surface area contributed by atoms with E-state index < -0.39 is 0 Å². The zero-order valence-electron chi connectivity index (χ0n) is 17.4. The van der Waals surface area contributed by atoms with Gasteiger partial charge >= 0.3 is 6.03 Å². The molecule has 1 aromatic carbocycles. The Hall–Kier alpha value is -3.17. The van der Waals surface area contributed by atoms with Gasteiger partial charge in [-0.1, -0.05) is 6.07 Å². The molecule has 2 aromatic heterocycles. The lowest BCUT2D eigenvalue weighted by Crippen LogP contribution is -2.45. The average molecular weight is 437 g/mol. The van der Waals surface area contributed by atoms with Crippen molar-refractivity contribution in [1.29, 1.82) is 0 Å². The quantitative estimate of drug-likeness (QED) is 0.582. The number of nitrogens with one attached hydrogen (secondary N) is 3. The third-order valence-electron chi connectivity index (χ3n) is 5.69. The van der Waals surface area contributed by atoms with Crippen LogP contribution >= 0.6 is 11.3 Å². The van der Waals surface area contributed by atoms with Crippen LogP contribution in [0.1, 0.15) is 22.5 Å². The van der Waals surface area contributed by atoms with Crippen LogP contribution in [-0.2, 0) is 0 Å². The molecule has 3 N–H and O–H groups in total. The molecule has 5 rings (SSSR count). The van der Waals surface area contributed by atoms with Gasteiger partial charge in [-0.2, -0.15) is 0 Å². The number of urea groups is 1. The van der Waals surface area contributed by atoms with Crippen LogP contribution in [0.5, 0.6) is 0 Å². The van der Waals surface area contributed by atoms with E-state index in [-0.39, 0.29) is 18.0 Å². The fourth-order valence-electron chi connectivity index (χ4n) is 4.14. The van der Waals surface area contributed by atoms with Crippen LogP contribution in [0.2, 0.25) is 0 Å². The highest BCUT2D eigenvalue weighted by Crippen LogP contribution is 2.45. The summed E-state index contributed by atoms with van der Waals surface area (Å²) in [6.07, 6.45) is 3.67. The fourth-order valence-corrected chi connectivity index (χ4v) is 5.16. The Morgan fingerprint density at radius 2 is 2.19 bits per heavy atom. The minimum atomic E-state index is -0.289. The lowest BCUT2D eigenvalue weighted by Gasteiger charge is -2.29. The Balaban J connectivity index is 1.56. The van der Waals surface area contributed by atoms with Gasteiger partial charge in [-0.15, -0.1) is 11.3 Å². The number of hydrogen-bond acceptors (Lipinski definition) is 6. The summed E-state index contributed by atoms with van der Waals surface area (Å²) in [5.41, 5.74) is 3.03. The second kappa shape index (κ2) is 7.82. The number of aromatic nitrogens is 1. The fraction of sp³-hybridized carbons (Fsp3) is 0.318. The summed E-state index contributed by atoms with van der Waals surface area (Å²) >= 11 is 1.31. The van der Waals surface area contributed by atoms with E-state index in [1.165, 1.54) is 11.3 Å². The maximum absolute atomic E-state index is 13.2. The molecular formula is C22H24N6O2S. The highest BCUT2D eigenvalue weighted by Gasteiger charge is 2.33. The number of benzene rings is 1. The van der Waals surface area contributed by atoms with Gasteiger partial charge in [-0.05, 0) is 43.7 Å². The van der Waals surface area contributed by atoms with Crippen LogP contribution in [0.25, 0.3) is 10.2 Å². The summed E-state index contributed by atoms with van der Waals surface area (Å²) < 4.78 is 0. The molecule has 8 nitrogen and oxygen atoms in total. The number of anilines is 4. The van der Waals surface area contributed by atoms with Gasteiger partial charge in [0.1, 0.15) is 9.71 Å². The molecule has 3 aromatic rings. The second-order valence-electron chi connectivity index (χ2n) is 8.01. The number of carbonyl (C=O) groups is 2. The van der Waals surface area contributed by atoms with Crippen molar-refractivity contribution >= 4 is 56.2 Å². The summed E-state index contributed by atoms with van der Waals surface area (Å²) in [5, 5.41) is 10.2. The van der Waals surface area contributed by atoms with Gasteiger partial charge in [0.05, 0.1) is 22.4 Å². The van der Waals surface area contributed by atoms with Crippen LogP contribution in [-0.4, -0.2) is 50.1 Å². The summed E-state index contributed by atoms with van der Waals surface area (Å²) in [6.45, 7) is 1.74. The number of thiophene rings is 1. The molecule has 0 aliphatic carbocycles. The second-order valence-corrected chi connectivity index (χ2v) is 9.01. The van der Waals surface area contributed by atoms with Crippen molar-refractivity contribution in [3.8, 4) is 0 Å². The van der Waals surface area contributed by atoms with Crippen molar-refractivity contribution in [3.63, 3.8) is 0 Å². The zero-order chi connectivity index (χ0) is 21.5. The van der Waals surface area contributed by atoms with Crippen molar-refractivity contribution in [2.24, 2.45) is 0 Å². The van der Waals surface area contributed by atoms with Gasteiger partial charge in [-0.25, -0.2) is 9.78 Å². The number of amides is 3. The average Bonchev–Trinajstić information content (AvgIpc) is 3.14. The zero-order valence-corrected chi connectivity index (χ0v) is 18.3. The molecule has 0 spiro atoms. The van der Waals surface area contributed by atoms with Gasteiger partial charge < -0.3 is 20.9 Å². The van der Waals surface area contributed by atoms with E-state index in [0.29, 0.717) is 10.6 Å². The van der Waals surface area contributed by atoms with Crippen molar-refractivity contribution in [2.75, 3.05) is 42.3 Å². The van der Waals surface area contributed by atoms with Gasteiger partial charge in [-0.3, -0.25) is 9.69 Å². The molecule has 0 saturated carbocycles. The molecule has 1 atom stereocenters. The van der Waals surface area contributed by atoms with Crippen molar-refractivity contribution < 1.29 is 9.59 Å². The highest BCUT2D eigenvalue weighted by molar-refractivity contribution is 7.21. The van der Waals surface area contributed by atoms with E-state index in [1.807, 2.05) is 49.3 Å². The first-order valence-electron chi connectivity index (χ1n) is 10.3. The number of carbonyl (C=O) groups excluding carboxylic acids is 2. The molecule has 160 valence electrons. The Bertz CT molecular complexity index is 1170. The minimum absolute atomic E-state index is 0.0932. The predicted octanol–water partition coefficient (Wildman–Crippen LogP) is 3.53. The molecule has 1 unspecified atom stereocenters. The third-order valence-corrected chi connectivity index (χ3v) is 6.79. The van der Waals surface area contributed by atoms with E-state index in [2.05, 4.69) is 20.9 Å². The number of piperidine rings is 1. The van der Waals surface area contributed by atoms with E-state index in [1.54, 1.807) is 11.1 Å². The van der Waals surface area contributed by atoms with Crippen LogP contribution in [0, 0.1) is 0 Å². The molecule has 9 heteroatoms. The first kappa shape index (κ1) is 19.8. The molecule has 2 aliphatic heterocycles. The molecule has 2 aliphatic rings. The van der Waals surface area contributed by atoms with E-state index >= 15 is 0 Å². The van der Waals surface area contributed by atoms with Gasteiger partial charge in [0.2, 0.25) is 0 Å². The lowest BCUT2D eigenvalue weighted by molar-refractivity contribution is 0.0935. The smallest absolute Gasteiger partial charge is 0.331 e. The molecular weight excluding hydrogens is 412 g/mol. The molecule has 31 heavy (non-hydrogen) atoms.